The second kappa shape index (κ2) is 6.00. The smallest absolute Gasteiger partial charge is 0.152 e. The van der Waals surface area contributed by atoms with E-state index in [-0.39, 0.29) is 0 Å². The molecule has 0 spiro atoms. The van der Waals surface area contributed by atoms with Gasteiger partial charge in [-0.25, -0.2) is 0 Å². The first-order chi connectivity index (χ1) is 8.61. The zero-order chi connectivity index (χ0) is 13.1. The summed E-state index contributed by atoms with van der Waals surface area (Å²) >= 11 is 7.79. The summed E-state index contributed by atoms with van der Waals surface area (Å²) in [5.41, 5.74) is 0.654. The second-order valence-corrected chi connectivity index (χ2v) is 6.25. The van der Waals surface area contributed by atoms with E-state index in [9.17, 15) is 5.11 Å². The fourth-order valence-corrected chi connectivity index (χ4v) is 2.80. The molecule has 4 heteroatoms. The van der Waals surface area contributed by atoms with Gasteiger partial charge in [-0.3, -0.25) is 0 Å². The van der Waals surface area contributed by atoms with Gasteiger partial charge in [0.25, 0.3) is 0 Å². The van der Waals surface area contributed by atoms with Crippen molar-refractivity contribution in [3.63, 3.8) is 0 Å². The molecule has 2 rings (SSSR count). The number of furan rings is 1. The largest absolute Gasteiger partial charge is 0.457 e. The van der Waals surface area contributed by atoms with Crippen LogP contribution in [0.15, 0.2) is 28.7 Å². The van der Waals surface area contributed by atoms with Crippen LogP contribution < -0.4 is 0 Å². The van der Waals surface area contributed by atoms with E-state index >= 15 is 0 Å². The number of halogens is 1. The number of aliphatic hydroxyl groups is 1. The number of hydrogen-bond acceptors (Lipinski definition) is 3. The molecule has 1 aromatic heterocycles. The van der Waals surface area contributed by atoms with Gasteiger partial charge in [0.1, 0.15) is 11.9 Å². The molecular formula is C14H17ClO2S. The Kier molecular flexibility index (Phi) is 4.60. The van der Waals surface area contributed by atoms with Crippen LogP contribution in [0.5, 0.6) is 0 Å². The van der Waals surface area contributed by atoms with E-state index in [1.165, 1.54) is 0 Å². The Morgan fingerprint density at radius 1 is 1.44 bits per heavy atom. The third-order valence-electron chi connectivity index (χ3n) is 2.96. The average molecular weight is 285 g/mol. The quantitative estimate of drug-likeness (QED) is 0.867. The fourth-order valence-electron chi connectivity index (χ4n) is 1.67. The Bertz CT molecular complexity index is 523. The van der Waals surface area contributed by atoms with E-state index in [0.29, 0.717) is 27.4 Å². The van der Waals surface area contributed by atoms with Crippen molar-refractivity contribution in [2.75, 3.05) is 5.75 Å². The maximum Gasteiger partial charge on any atom is 0.152 e. The van der Waals surface area contributed by atoms with Crippen molar-refractivity contribution in [2.24, 2.45) is 0 Å². The number of thioether (sulfide) groups is 1. The molecule has 2 nitrogen and oxygen atoms in total. The number of para-hydroxylation sites is 1. The van der Waals surface area contributed by atoms with Crippen molar-refractivity contribution in [1.29, 1.82) is 0 Å². The van der Waals surface area contributed by atoms with E-state index < -0.39 is 6.10 Å². The number of benzene rings is 1. The van der Waals surface area contributed by atoms with E-state index in [4.69, 9.17) is 16.0 Å². The SMILES string of the molecule is CCC(C)SCC(O)c1cc2cccc(Cl)c2o1. The molecule has 0 aliphatic heterocycles. The highest BCUT2D eigenvalue weighted by molar-refractivity contribution is 7.99. The molecule has 1 heterocycles. The summed E-state index contributed by atoms with van der Waals surface area (Å²) < 4.78 is 5.63. The third kappa shape index (κ3) is 3.02. The Morgan fingerprint density at radius 3 is 2.89 bits per heavy atom. The molecule has 0 saturated heterocycles. The number of rotatable bonds is 5. The van der Waals surface area contributed by atoms with Crippen LogP contribution in [-0.4, -0.2) is 16.1 Å². The molecule has 0 radical (unpaired) electrons. The minimum atomic E-state index is -0.576. The van der Waals surface area contributed by atoms with Crippen LogP contribution in [-0.2, 0) is 0 Å². The van der Waals surface area contributed by atoms with Crippen LogP contribution in [0.1, 0.15) is 32.1 Å². The van der Waals surface area contributed by atoms with Crippen LogP contribution in [0.3, 0.4) is 0 Å². The first-order valence-corrected chi connectivity index (χ1v) is 7.52. The Morgan fingerprint density at radius 2 is 2.22 bits per heavy atom. The summed E-state index contributed by atoms with van der Waals surface area (Å²) in [7, 11) is 0. The van der Waals surface area contributed by atoms with Gasteiger partial charge >= 0.3 is 0 Å². The van der Waals surface area contributed by atoms with Crippen molar-refractivity contribution in [2.45, 2.75) is 31.6 Å². The Hall–Kier alpha value is -0.640. The second-order valence-electron chi connectivity index (χ2n) is 4.37. The molecule has 2 atom stereocenters. The zero-order valence-electron chi connectivity index (χ0n) is 10.5. The molecular weight excluding hydrogens is 268 g/mol. The fraction of sp³-hybridized carbons (Fsp3) is 0.429. The molecule has 0 bridgehead atoms. The molecule has 0 aliphatic carbocycles. The maximum absolute atomic E-state index is 10.1. The number of aliphatic hydroxyl groups excluding tert-OH is 1. The molecule has 0 amide bonds. The monoisotopic (exact) mass is 284 g/mol. The van der Waals surface area contributed by atoms with Crippen molar-refractivity contribution in [3.05, 3.63) is 35.0 Å². The molecule has 98 valence electrons. The van der Waals surface area contributed by atoms with Crippen molar-refractivity contribution in [3.8, 4) is 0 Å². The van der Waals surface area contributed by atoms with E-state index in [1.807, 2.05) is 18.2 Å². The van der Waals surface area contributed by atoms with Crippen molar-refractivity contribution in [1.82, 2.24) is 0 Å². The van der Waals surface area contributed by atoms with Gasteiger partial charge in [0.15, 0.2) is 5.58 Å². The molecule has 0 aliphatic rings. The van der Waals surface area contributed by atoms with Gasteiger partial charge in [0.2, 0.25) is 0 Å². The predicted molar refractivity (Wildman–Crippen MR) is 78.4 cm³/mol. The lowest BCUT2D eigenvalue weighted by molar-refractivity contribution is 0.176. The zero-order valence-corrected chi connectivity index (χ0v) is 12.1. The van der Waals surface area contributed by atoms with Gasteiger partial charge in [0.05, 0.1) is 5.02 Å². The average Bonchev–Trinajstić information content (AvgIpc) is 2.81. The molecule has 2 aromatic rings. The molecule has 0 fully saturated rings. The minimum absolute atomic E-state index is 0.549. The predicted octanol–water partition coefficient (Wildman–Crippen LogP) is 4.65. The first kappa shape index (κ1) is 13.8. The Balaban J connectivity index is 2.13. The van der Waals surface area contributed by atoms with Gasteiger partial charge in [-0.1, -0.05) is 37.6 Å². The summed E-state index contributed by atoms with van der Waals surface area (Å²) in [6, 6.07) is 7.47. The molecule has 0 saturated carbocycles. The lowest BCUT2D eigenvalue weighted by Crippen LogP contribution is -2.03. The maximum atomic E-state index is 10.1. The molecule has 1 aromatic carbocycles. The lowest BCUT2D eigenvalue weighted by atomic mass is 10.2. The highest BCUT2D eigenvalue weighted by Crippen LogP contribution is 2.31. The highest BCUT2D eigenvalue weighted by atomic mass is 35.5. The van der Waals surface area contributed by atoms with Crippen LogP contribution in [0.2, 0.25) is 5.02 Å². The minimum Gasteiger partial charge on any atom is -0.457 e. The number of fused-ring (bicyclic) bond motifs is 1. The normalized spacial score (nSPS) is 14.9. The third-order valence-corrected chi connectivity index (χ3v) is 4.67. The van der Waals surface area contributed by atoms with Crippen molar-refractivity contribution < 1.29 is 9.52 Å². The molecule has 2 unspecified atom stereocenters. The van der Waals surface area contributed by atoms with E-state index in [0.717, 1.165) is 11.8 Å². The van der Waals surface area contributed by atoms with E-state index in [1.54, 1.807) is 17.8 Å². The van der Waals surface area contributed by atoms with Gasteiger partial charge in [0, 0.05) is 16.4 Å². The first-order valence-electron chi connectivity index (χ1n) is 6.09. The summed E-state index contributed by atoms with van der Waals surface area (Å²) in [5, 5.41) is 12.2. The lowest BCUT2D eigenvalue weighted by Gasteiger charge is -2.11. The molecule has 1 N–H and O–H groups in total. The van der Waals surface area contributed by atoms with Gasteiger partial charge in [-0.15, -0.1) is 0 Å². The van der Waals surface area contributed by atoms with Gasteiger partial charge in [-0.2, -0.15) is 11.8 Å². The summed E-state index contributed by atoms with van der Waals surface area (Å²) in [4.78, 5) is 0. The molecule has 18 heavy (non-hydrogen) atoms. The van der Waals surface area contributed by atoms with Gasteiger partial charge < -0.3 is 9.52 Å². The van der Waals surface area contributed by atoms with Crippen LogP contribution >= 0.6 is 23.4 Å². The van der Waals surface area contributed by atoms with Crippen LogP contribution in [0, 0.1) is 0 Å². The standard InChI is InChI=1S/C14H17ClO2S/c1-3-9(2)18-8-12(16)13-7-10-5-4-6-11(15)14(10)17-13/h4-7,9,12,16H,3,8H2,1-2H3. The highest BCUT2D eigenvalue weighted by Gasteiger charge is 2.15. The summed E-state index contributed by atoms with van der Waals surface area (Å²) in [6.07, 6.45) is 0.524. The van der Waals surface area contributed by atoms with Crippen molar-refractivity contribution >= 4 is 34.3 Å². The summed E-state index contributed by atoms with van der Waals surface area (Å²) in [5.74, 6) is 1.24. The topological polar surface area (TPSA) is 33.4 Å². The van der Waals surface area contributed by atoms with Crippen LogP contribution in [0.4, 0.5) is 0 Å². The van der Waals surface area contributed by atoms with E-state index in [2.05, 4.69) is 13.8 Å². The van der Waals surface area contributed by atoms with Crippen LogP contribution in [0.25, 0.3) is 11.0 Å². The summed E-state index contributed by atoms with van der Waals surface area (Å²) in [6.45, 7) is 4.30. The van der Waals surface area contributed by atoms with Gasteiger partial charge in [-0.05, 0) is 18.6 Å². The Labute approximate surface area is 116 Å². The number of hydrogen-bond donors (Lipinski definition) is 1.